The zero-order chi connectivity index (χ0) is 19.9. The fourth-order valence-corrected chi connectivity index (χ4v) is 3.58. The molecule has 1 N–H and O–H groups in total. The number of rotatable bonds is 4. The van der Waals surface area contributed by atoms with Crippen LogP contribution in [0.25, 0.3) is 22.4 Å². The molecule has 1 aromatic heterocycles. The number of aliphatic hydroxyl groups excluding tert-OH is 1. The van der Waals surface area contributed by atoms with Crippen LogP contribution in [0.2, 0.25) is 10.0 Å². The van der Waals surface area contributed by atoms with Crippen LogP contribution in [0.3, 0.4) is 0 Å². The molecule has 0 fully saturated rings. The van der Waals surface area contributed by atoms with Crippen LogP contribution in [0.5, 0.6) is 0 Å². The Labute approximate surface area is 163 Å². The van der Waals surface area contributed by atoms with E-state index in [1.807, 2.05) is 0 Å². The molecule has 0 aliphatic heterocycles. The minimum Gasteiger partial charge on any atom is -0.388 e. The molecule has 0 aliphatic rings. The van der Waals surface area contributed by atoms with Crippen molar-refractivity contribution in [2.24, 2.45) is 0 Å². The minimum absolute atomic E-state index is 0.0210. The SMILES string of the molecule is CS(=O)(=O)c1cc(F)c(-c2c(-c3ccc(Cl)c(Cl)c3)noc2CO)cc1F. The Kier molecular flexibility index (Phi) is 5.27. The molecule has 1 heterocycles. The number of aromatic nitrogens is 1. The molecule has 0 radical (unpaired) electrons. The lowest BCUT2D eigenvalue weighted by atomic mass is 9.98. The molecule has 0 aliphatic carbocycles. The molecule has 27 heavy (non-hydrogen) atoms. The smallest absolute Gasteiger partial charge is 0.178 e. The minimum atomic E-state index is -3.97. The molecule has 10 heteroatoms. The third kappa shape index (κ3) is 3.70. The summed E-state index contributed by atoms with van der Waals surface area (Å²) in [5.41, 5.74) is 0.136. The van der Waals surface area contributed by atoms with Crippen LogP contribution in [0.4, 0.5) is 8.78 Å². The quantitative estimate of drug-likeness (QED) is 0.655. The van der Waals surface area contributed by atoms with Crippen molar-refractivity contribution in [3.8, 4) is 22.4 Å². The summed E-state index contributed by atoms with van der Waals surface area (Å²) in [6.45, 7) is -0.640. The van der Waals surface area contributed by atoms with Gasteiger partial charge in [0.15, 0.2) is 15.6 Å². The predicted molar refractivity (Wildman–Crippen MR) is 96.3 cm³/mol. The van der Waals surface area contributed by atoms with E-state index in [-0.39, 0.29) is 32.6 Å². The van der Waals surface area contributed by atoms with Crippen molar-refractivity contribution in [1.82, 2.24) is 5.16 Å². The Morgan fingerprint density at radius 3 is 2.41 bits per heavy atom. The molecular weight excluding hydrogens is 423 g/mol. The largest absolute Gasteiger partial charge is 0.388 e. The monoisotopic (exact) mass is 433 g/mol. The molecule has 0 saturated heterocycles. The number of halogens is 4. The fraction of sp³-hybridized carbons (Fsp3) is 0.118. The van der Waals surface area contributed by atoms with Gasteiger partial charge in [-0.3, -0.25) is 0 Å². The maximum Gasteiger partial charge on any atom is 0.178 e. The molecule has 0 spiro atoms. The summed E-state index contributed by atoms with van der Waals surface area (Å²) in [5.74, 6) is -2.28. The van der Waals surface area contributed by atoms with Gasteiger partial charge >= 0.3 is 0 Å². The van der Waals surface area contributed by atoms with Crippen molar-refractivity contribution >= 4 is 33.0 Å². The van der Waals surface area contributed by atoms with Crippen molar-refractivity contribution in [3.05, 3.63) is 57.8 Å². The summed E-state index contributed by atoms with van der Waals surface area (Å²) in [7, 11) is -3.97. The van der Waals surface area contributed by atoms with Crippen LogP contribution >= 0.6 is 23.2 Å². The van der Waals surface area contributed by atoms with Crippen molar-refractivity contribution in [1.29, 1.82) is 0 Å². The number of sulfone groups is 1. The molecule has 0 unspecified atom stereocenters. The van der Waals surface area contributed by atoms with E-state index < -0.39 is 33.0 Å². The Bertz CT molecular complexity index is 1150. The van der Waals surface area contributed by atoms with E-state index in [0.717, 1.165) is 12.3 Å². The van der Waals surface area contributed by atoms with Gasteiger partial charge in [-0.1, -0.05) is 34.4 Å². The fourth-order valence-electron chi connectivity index (χ4n) is 2.55. The standard InChI is InChI=1S/C17H11Cl2F2NO4S/c1-27(24,25)15-6-12(20)9(5-13(15)21)16-14(7-23)26-22-17(16)8-2-3-10(18)11(19)4-8/h2-6,23H,7H2,1H3. The Morgan fingerprint density at radius 1 is 1.11 bits per heavy atom. The predicted octanol–water partition coefficient (Wildman–Crippen LogP) is 4.49. The van der Waals surface area contributed by atoms with Gasteiger partial charge in [-0.15, -0.1) is 0 Å². The zero-order valence-electron chi connectivity index (χ0n) is 13.6. The number of hydrogen-bond donors (Lipinski definition) is 1. The van der Waals surface area contributed by atoms with E-state index in [0.29, 0.717) is 11.6 Å². The van der Waals surface area contributed by atoms with E-state index in [2.05, 4.69) is 5.16 Å². The Balaban J connectivity index is 2.27. The molecule has 142 valence electrons. The number of nitrogens with zero attached hydrogens (tertiary/aromatic N) is 1. The van der Waals surface area contributed by atoms with Crippen LogP contribution in [0, 0.1) is 11.6 Å². The number of benzene rings is 2. The molecule has 0 atom stereocenters. The molecule has 3 rings (SSSR count). The first-order chi connectivity index (χ1) is 12.6. The molecule has 0 amide bonds. The van der Waals surface area contributed by atoms with Crippen LogP contribution < -0.4 is 0 Å². The second-order valence-corrected chi connectivity index (χ2v) is 8.45. The first-order valence-electron chi connectivity index (χ1n) is 7.37. The molecule has 2 aromatic carbocycles. The third-order valence-electron chi connectivity index (χ3n) is 3.79. The summed E-state index contributed by atoms with van der Waals surface area (Å²) < 4.78 is 57.1. The molecule has 5 nitrogen and oxygen atoms in total. The van der Waals surface area contributed by atoms with Gasteiger partial charge in [0.2, 0.25) is 0 Å². The van der Waals surface area contributed by atoms with Gasteiger partial charge in [0.1, 0.15) is 28.8 Å². The van der Waals surface area contributed by atoms with E-state index in [1.54, 1.807) is 0 Å². The highest BCUT2D eigenvalue weighted by atomic mass is 35.5. The maximum absolute atomic E-state index is 14.6. The second kappa shape index (κ2) is 7.20. The molecule has 0 saturated carbocycles. The van der Waals surface area contributed by atoms with Gasteiger partial charge in [-0.25, -0.2) is 17.2 Å². The average molecular weight is 434 g/mol. The van der Waals surface area contributed by atoms with Gasteiger partial charge in [0.05, 0.1) is 15.6 Å². The summed E-state index contributed by atoms with van der Waals surface area (Å²) >= 11 is 11.9. The van der Waals surface area contributed by atoms with Gasteiger partial charge in [0.25, 0.3) is 0 Å². The lowest BCUT2D eigenvalue weighted by molar-refractivity contribution is 0.230. The first-order valence-corrected chi connectivity index (χ1v) is 10.0. The van der Waals surface area contributed by atoms with Crippen molar-refractivity contribution in [2.75, 3.05) is 6.26 Å². The van der Waals surface area contributed by atoms with Crippen molar-refractivity contribution in [2.45, 2.75) is 11.5 Å². The zero-order valence-corrected chi connectivity index (χ0v) is 16.0. The van der Waals surface area contributed by atoms with Gasteiger partial charge in [0, 0.05) is 17.4 Å². The summed E-state index contributed by atoms with van der Waals surface area (Å²) in [5, 5.41) is 13.8. The average Bonchev–Trinajstić information content (AvgIpc) is 3.01. The highest BCUT2D eigenvalue weighted by molar-refractivity contribution is 7.90. The number of aliphatic hydroxyl groups is 1. The summed E-state index contributed by atoms with van der Waals surface area (Å²) in [4.78, 5) is -0.776. The number of hydrogen-bond acceptors (Lipinski definition) is 5. The van der Waals surface area contributed by atoms with Crippen LogP contribution in [0.1, 0.15) is 5.76 Å². The molecular formula is C17H11Cl2F2NO4S. The van der Waals surface area contributed by atoms with Gasteiger partial charge in [-0.05, 0) is 24.3 Å². The third-order valence-corrected chi connectivity index (χ3v) is 5.64. The van der Waals surface area contributed by atoms with Crippen LogP contribution in [-0.4, -0.2) is 24.9 Å². The Morgan fingerprint density at radius 2 is 1.81 bits per heavy atom. The van der Waals surface area contributed by atoms with Crippen molar-refractivity contribution in [3.63, 3.8) is 0 Å². The summed E-state index contributed by atoms with van der Waals surface area (Å²) in [6.07, 6.45) is 0.768. The van der Waals surface area contributed by atoms with Gasteiger partial charge < -0.3 is 9.63 Å². The highest BCUT2D eigenvalue weighted by Gasteiger charge is 2.25. The first kappa shape index (κ1) is 19.8. The normalized spacial score (nSPS) is 11.8. The van der Waals surface area contributed by atoms with Crippen LogP contribution in [-0.2, 0) is 16.4 Å². The van der Waals surface area contributed by atoms with E-state index in [9.17, 15) is 22.3 Å². The van der Waals surface area contributed by atoms with Crippen molar-refractivity contribution < 1.29 is 26.8 Å². The van der Waals surface area contributed by atoms with E-state index in [1.165, 1.54) is 18.2 Å². The molecule has 0 bridgehead atoms. The topological polar surface area (TPSA) is 80.4 Å². The van der Waals surface area contributed by atoms with E-state index >= 15 is 0 Å². The lowest BCUT2D eigenvalue weighted by Gasteiger charge is -2.09. The summed E-state index contributed by atoms with van der Waals surface area (Å²) in [6, 6.07) is 5.77. The maximum atomic E-state index is 14.6. The van der Waals surface area contributed by atoms with Gasteiger partial charge in [-0.2, -0.15) is 0 Å². The second-order valence-electron chi connectivity index (χ2n) is 5.65. The van der Waals surface area contributed by atoms with E-state index in [4.69, 9.17) is 27.7 Å². The highest BCUT2D eigenvalue weighted by Crippen LogP contribution is 2.39. The van der Waals surface area contributed by atoms with Crippen LogP contribution in [0.15, 0.2) is 39.8 Å². The molecule has 3 aromatic rings. The Hall–Kier alpha value is -2.00. The lowest BCUT2D eigenvalue weighted by Crippen LogP contribution is -2.03.